The van der Waals surface area contributed by atoms with Crippen LogP contribution < -0.4 is 10.6 Å². The summed E-state index contributed by atoms with van der Waals surface area (Å²) in [5.74, 6) is -0.0993. The lowest BCUT2D eigenvalue weighted by Crippen LogP contribution is -2.14. The van der Waals surface area contributed by atoms with Crippen LogP contribution >= 0.6 is 22.6 Å². The number of amides is 1. The summed E-state index contributed by atoms with van der Waals surface area (Å²) in [7, 11) is 0. The Kier molecular flexibility index (Phi) is 4.79. The Morgan fingerprint density at radius 1 is 1.11 bits per heavy atom. The van der Waals surface area contributed by atoms with Crippen LogP contribution in [0.3, 0.4) is 0 Å². The van der Waals surface area contributed by atoms with Crippen molar-refractivity contribution in [2.24, 2.45) is 0 Å². The Labute approximate surface area is 126 Å². The normalized spacial score (nSPS) is 10.0. The highest BCUT2D eigenvalue weighted by Gasteiger charge is 2.10. The van der Waals surface area contributed by atoms with E-state index in [1.54, 1.807) is 0 Å². The molecule has 2 rings (SSSR count). The smallest absolute Gasteiger partial charge is 0.257 e. The van der Waals surface area contributed by atoms with Crippen LogP contribution in [0.4, 0.5) is 11.4 Å². The largest absolute Gasteiger partial charge is 0.385 e. The average molecular weight is 366 g/mol. The maximum Gasteiger partial charge on any atom is 0.257 e. The van der Waals surface area contributed by atoms with Gasteiger partial charge in [0.25, 0.3) is 5.91 Å². The third-order valence-electron chi connectivity index (χ3n) is 2.64. The minimum absolute atomic E-state index is 0.0993. The van der Waals surface area contributed by atoms with Crippen LogP contribution in [-0.2, 0) is 0 Å². The molecule has 0 aliphatic heterocycles. The Hall–Kier alpha value is -1.56. The summed E-state index contributed by atoms with van der Waals surface area (Å²) < 4.78 is 1.14. The molecule has 0 bridgehead atoms. The molecule has 0 aromatic heterocycles. The molecule has 0 unspecified atom stereocenters. The van der Waals surface area contributed by atoms with Crippen LogP contribution in [-0.4, -0.2) is 12.5 Å². The first kappa shape index (κ1) is 13.9. The van der Waals surface area contributed by atoms with Gasteiger partial charge in [0.15, 0.2) is 0 Å². The molecule has 0 saturated heterocycles. The van der Waals surface area contributed by atoms with Gasteiger partial charge in [0.2, 0.25) is 0 Å². The van der Waals surface area contributed by atoms with Gasteiger partial charge in [-0.05, 0) is 65.9 Å². The molecule has 19 heavy (non-hydrogen) atoms. The van der Waals surface area contributed by atoms with E-state index >= 15 is 0 Å². The topological polar surface area (TPSA) is 41.1 Å². The lowest BCUT2D eigenvalue weighted by atomic mass is 10.1. The van der Waals surface area contributed by atoms with E-state index in [0.717, 1.165) is 21.5 Å². The van der Waals surface area contributed by atoms with Gasteiger partial charge in [-0.1, -0.05) is 12.1 Å². The maximum absolute atomic E-state index is 12.2. The van der Waals surface area contributed by atoms with Gasteiger partial charge in [-0.25, -0.2) is 0 Å². The molecule has 0 spiro atoms. The number of benzene rings is 2. The lowest BCUT2D eigenvalue weighted by Gasteiger charge is -2.11. The zero-order valence-electron chi connectivity index (χ0n) is 10.6. The molecular weight excluding hydrogens is 351 g/mol. The van der Waals surface area contributed by atoms with Crippen LogP contribution in [0.25, 0.3) is 0 Å². The monoisotopic (exact) mass is 366 g/mol. The van der Waals surface area contributed by atoms with E-state index in [1.807, 2.05) is 55.5 Å². The zero-order valence-corrected chi connectivity index (χ0v) is 12.8. The summed E-state index contributed by atoms with van der Waals surface area (Å²) >= 11 is 2.24. The van der Waals surface area contributed by atoms with Crippen LogP contribution in [0.15, 0.2) is 48.5 Å². The fraction of sp³-hybridized carbons (Fsp3) is 0.133. The Morgan fingerprint density at radius 3 is 2.47 bits per heavy atom. The van der Waals surface area contributed by atoms with Crippen molar-refractivity contribution in [3.05, 3.63) is 57.7 Å². The van der Waals surface area contributed by atoms with Gasteiger partial charge in [0.05, 0.1) is 5.56 Å². The standard InChI is InChI=1S/C15H15IN2O/c1-2-17-14-6-4-3-5-13(14)15(19)18-12-9-7-11(16)8-10-12/h3-10,17H,2H2,1H3,(H,18,19). The highest BCUT2D eigenvalue weighted by molar-refractivity contribution is 14.1. The second kappa shape index (κ2) is 6.56. The summed E-state index contributed by atoms with van der Waals surface area (Å²) in [5, 5.41) is 6.09. The van der Waals surface area contributed by atoms with Crippen molar-refractivity contribution in [3.63, 3.8) is 0 Å². The van der Waals surface area contributed by atoms with Crippen LogP contribution in [0, 0.1) is 3.57 Å². The van der Waals surface area contributed by atoms with Crippen molar-refractivity contribution in [1.29, 1.82) is 0 Å². The van der Waals surface area contributed by atoms with Crippen LogP contribution in [0.2, 0.25) is 0 Å². The molecular formula is C15H15IN2O. The Balaban J connectivity index is 2.18. The van der Waals surface area contributed by atoms with Crippen molar-refractivity contribution in [1.82, 2.24) is 0 Å². The molecule has 0 atom stereocenters. The summed E-state index contributed by atoms with van der Waals surface area (Å²) in [6, 6.07) is 15.2. The minimum atomic E-state index is -0.0993. The van der Waals surface area contributed by atoms with E-state index in [4.69, 9.17) is 0 Å². The highest BCUT2D eigenvalue weighted by Crippen LogP contribution is 2.17. The highest BCUT2D eigenvalue weighted by atomic mass is 127. The molecule has 0 fully saturated rings. The fourth-order valence-electron chi connectivity index (χ4n) is 1.76. The molecule has 2 aromatic carbocycles. The minimum Gasteiger partial charge on any atom is -0.385 e. The Morgan fingerprint density at radius 2 is 1.79 bits per heavy atom. The maximum atomic E-state index is 12.2. The molecule has 98 valence electrons. The molecule has 3 nitrogen and oxygen atoms in total. The number of carbonyl (C=O) groups excluding carboxylic acids is 1. The lowest BCUT2D eigenvalue weighted by molar-refractivity contribution is 0.102. The van der Waals surface area contributed by atoms with Crippen molar-refractivity contribution in [3.8, 4) is 0 Å². The number of nitrogens with one attached hydrogen (secondary N) is 2. The van der Waals surface area contributed by atoms with Gasteiger partial charge < -0.3 is 10.6 Å². The molecule has 1 amide bonds. The molecule has 0 saturated carbocycles. The average Bonchev–Trinajstić information content (AvgIpc) is 2.42. The number of hydrogen-bond donors (Lipinski definition) is 2. The first-order valence-electron chi connectivity index (χ1n) is 6.10. The number of rotatable bonds is 4. The summed E-state index contributed by atoms with van der Waals surface area (Å²) in [5.41, 5.74) is 2.31. The van der Waals surface area contributed by atoms with E-state index in [1.165, 1.54) is 0 Å². The quantitative estimate of drug-likeness (QED) is 0.804. The zero-order chi connectivity index (χ0) is 13.7. The van der Waals surface area contributed by atoms with Gasteiger partial charge in [0.1, 0.15) is 0 Å². The molecule has 0 heterocycles. The third-order valence-corrected chi connectivity index (χ3v) is 3.36. The number of carbonyl (C=O) groups is 1. The second-order valence-electron chi connectivity index (χ2n) is 4.04. The second-order valence-corrected chi connectivity index (χ2v) is 5.28. The van der Waals surface area contributed by atoms with Gasteiger partial charge in [-0.2, -0.15) is 0 Å². The van der Waals surface area contributed by atoms with E-state index in [9.17, 15) is 4.79 Å². The first-order chi connectivity index (χ1) is 9.20. The predicted molar refractivity (Wildman–Crippen MR) is 87.7 cm³/mol. The molecule has 0 aliphatic carbocycles. The molecule has 2 aromatic rings. The predicted octanol–water partition coefficient (Wildman–Crippen LogP) is 3.98. The molecule has 0 aliphatic rings. The molecule has 2 N–H and O–H groups in total. The SMILES string of the molecule is CCNc1ccccc1C(=O)Nc1ccc(I)cc1. The summed E-state index contributed by atoms with van der Waals surface area (Å²) in [6.45, 7) is 2.79. The van der Waals surface area contributed by atoms with Crippen molar-refractivity contribution in [2.75, 3.05) is 17.2 Å². The Bertz CT molecular complexity index is 567. The third kappa shape index (κ3) is 3.70. The van der Waals surface area contributed by atoms with Gasteiger partial charge in [0, 0.05) is 21.5 Å². The summed E-state index contributed by atoms with van der Waals surface area (Å²) in [4.78, 5) is 12.2. The number of para-hydroxylation sites is 1. The number of halogens is 1. The van der Waals surface area contributed by atoms with E-state index in [-0.39, 0.29) is 5.91 Å². The van der Waals surface area contributed by atoms with Crippen molar-refractivity contribution in [2.45, 2.75) is 6.92 Å². The van der Waals surface area contributed by atoms with Crippen molar-refractivity contribution < 1.29 is 4.79 Å². The number of hydrogen-bond acceptors (Lipinski definition) is 2. The van der Waals surface area contributed by atoms with Crippen molar-refractivity contribution >= 4 is 39.9 Å². The van der Waals surface area contributed by atoms with E-state index < -0.39 is 0 Å². The van der Waals surface area contributed by atoms with E-state index in [0.29, 0.717) is 5.56 Å². The summed E-state index contributed by atoms with van der Waals surface area (Å²) in [6.07, 6.45) is 0. The number of anilines is 2. The van der Waals surface area contributed by atoms with Gasteiger partial charge >= 0.3 is 0 Å². The molecule has 4 heteroatoms. The fourth-order valence-corrected chi connectivity index (χ4v) is 2.12. The van der Waals surface area contributed by atoms with Gasteiger partial charge in [-0.15, -0.1) is 0 Å². The molecule has 0 radical (unpaired) electrons. The first-order valence-corrected chi connectivity index (χ1v) is 7.18. The van der Waals surface area contributed by atoms with Gasteiger partial charge in [-0.3, -0.25) is 4.79 Å². The van der Waals surface area contributed by atoms with E-state index in [2.05, 4.69) is 33.2 Å². The van der Waals surface area contributed by atoms with Crippen LogP contribution in [0.1, 0.15) is 17.3 Å². The van der Waals surface area contributed by atoms with Crippen LogP contribution in [0.5, 0.6) is 0 Å².